The number of para-hydroxylation sites is 1. The number of nitrogens with two attached hydrogens (primary N) is 1. The van der Waals surface area contributed by atoms with Crippen LogP contribution in [-0.4, -0.2) is 39.5 Å². The monoisotopic (exact) mass is 373 g/mol. The zero-order chi connectivity index (χ0) is 19.0. The van der Waals surface area contributed by atoms with Crippen molar-refractivity contribution in [3.63, 3.8) is 0 Å². The number of hydrogen-bond donors (Lipinski definition) is 3. The van der Waals surface area contributed by atoms with E-state index in [2.05, 4.69) is 27.6 Å². The number of nitrogens with one attached hydrogen (secondary N) is 2. The Labute approximate surface area is 162 Å². The van der Waals surface area contributed by atoms with E-state index in [-0.39, 0.29) is 0 Å². The molecular weight excluding hydrogens is 342 g/mol. The van der Waals surface area contributed by atoms with Crippen molar-refractivity contribution in [1.29, 1.82) is 0 Å². The summed E-state index contributed by atoms with van der Waals surface area (Å²) in [6, 6.07) is 18.0. The number of hydrogen-bond acceptors (Lipinski definition) is 6. The highest BCUT2D eigenvalue weighted by molar-refractivity contribution is 5.32. The Hall–Kier alpha value is -1.96. The first kappa shape index (κ1) is 21.3. The van der Waals surface area contributed by atoms with Gasteiger partial charge in [0.25, 0.3) is 0 Å². The Bertz CT molecular complexity index is 593. The van der Waals surface area contributed by atoms with Crippen LogP contribution in [0.2, 0.25) is 0 Å². The van der Waals surface area contributed by atoms with Crippen LogP contribution < -0.4 is 21.3 Å². The van der Waals surface area contributed by atoms with Gasteiger partial charge in [-0.2, -0.15) is 0 Å². The highest BCUT2D eigenvalue weighted by Gasteiger charge is 1.98. The van der Waals surface area contributed by atoms with E-state index in [4.69, 9.17) is 15.4 Å². The smallest absolute Gasteiger partial charge is 0.127 e. The fourth-order valence-electron chi connectivity index (χ4n) is 2.49. The summed E-state index contributed by atoms with van der Waals surface area (Å²) in [5, 5.41) is 6.66. The molecule has 0 unspecified atom stereocenters. The fraction of sp³-hybridized carbons (Fsp3) is 0.429. The molecular formula is C21H31N3O3. The second kappa shape index (κ2) is 14.1. The van der Waals surface area contributed by atoms with Crippen LogP contribution in [0.5, 0.6) is 11.5 Å². The van der Waals surface area contributed by atoms with E-state index >= 15 is 0 Å². The van der Waals surface area contributed by atoms with Gasteiger partial charge < -0.3 is 24.9 Å². The molecule has 27 heavy (non-hydrogen) atoms. The van der Waals surface area contributed by atoms with Crippen LogP contribution in [0.4, 0.5) is 0 Å². The van der Waals surface area contributed by atoms with Crippen LogP contribution >= 0.6 is 0 Å². The normalized spacial score (nSPS) is 10.9. The molecule has 2 aromatic carbocycles. The minimum absolute atomic E-state index is 0.537. The van der Waals surface area contributed by atoms with Crippen molar-refractivity contribution in [2.75, 3.05) is 39.5 Å². The third-order valence-corrected chi connectivity index (χ3v) is 3.91. The molecule has 0 bridgehead atoms. The van der Waals surface area contributed by atoms with Crippen molar-refractivity contribution in [3.05, 3.63) is 60.2 Å². The van der Waals surface area contributed by atoms with E-state index in [9.17, 15) is 0 Å². The summed E-state index contributed by atoms with van der Waals surface area (Å²) >= 11 is 0. The lowest BCUT2D eigenvalue weighted by Gasteiger charge is -2.08. The Morgan fingerprint density at radius 3 is 2.07 bits per heavy atom. The summed E-state index contributed by atoms with van der Waals surface area (Å²) in [5.41, 5.74) is 1.24. The predicted molar refractivity (Wildman–Crippen MR) is 108 cm³/mol. The zero-order valence-electron chi connectivity index (χ0n) is 15.9. The van der Waals surface area contributed by atoms with Gasteiger partial charge in [-0.15, -0.1) is 0 Å². The summed E-state index contributed by atoms with van der Waals surface area (Å²) in [4.78, 5) is 4.48. The quantitative estimate of drug-likeness (QED) is 0.329. The first-order valence-electron chi connectivity index (χ1n) is 9.51. The molecule has 4 N–H and O–H groups in total. The van der Waals surface area contributed by atoms with Gasteiger partial charge >= 0.3 is 0 Å². The topological polar surface area (TPSA) is 77.8 Å². The van der Waals surface area contributed by atoms with Crippen LogP contribution in [-0.2, 0) is 16.1 Å². The maximum atomic E-state index is 5.80. The number of ether oxygens (including phenoxy) is 2. The Kier molecular flexibility index (Phi) is 11.2. The van der Waals surface area contributed by atoms with Crippen molar-refractivity contribution in [2.24, 2.45) is 5.90 Å². The van der Waals surface area contributed by atoms with Gasteiger partial charge in [0.05, 0.1) is 6.61 Å². The number of rotatable bonds is 15. The van der Waals surface area contributed by atoms with Crippen molar-refractivity contribution in [1.82, 2.24) is 10.6 Å². The van der Waals surface area contributed by atoms with Crippen molar-refractivity contribution >= 4 is 0 Å². The lowest BCUT2D eigenvalue weighted by molar-refractivity contribution is 0.124. The van der Waals surface area contributed by atoms with E-state index < -0.39 is 0 Å². The van der Waals surface area contributed by atoms with Gasteiger partial charge in [-0.05, 0) is 55.8 Å². The summed E-state index contributed by atoms with van der Waals surface area (Å²) < 4.78 is 11.4. The molecule has 2 aromatic rings. The van der Waals surface area contributed by atoms with Crippen molar-refractivity contribution in [3.8, 4) is 11.5 Å². The largest absolute Gasteiger partial charge is 0.457 e. The SMILES string of the molecule is NOCCNCCCOCCCNCc1ccc(Oc2ccccc2)cc1. The van der Waals surface area contributed by atoms with Crippen LogP contribution in [0, 0.1) is 0 Å². The molecule has 0 aliphatic rings. The van der Waals surface area contributed by atoms with Crippen LogP contribution in [0.3, 0.4) is 0 Å². The third kappa shape index (κ3) is 10.1. The first-order valence-corrected chi connectivity index (χ1v) is 9.51. The molecule has 0 amide bonds. The summed E-state index contributed by atoms with van der Waals surface area (Å²) in [6.07, 6.45) is 2.00. The van der Waals surface area contributed by atoms with E-state index in [1.807, 2.05) is 42.5 Å². The molecule has 148 valence electrons. The molecule has 0 radical (unpaired) electrons. The predicted octanol–water partition coefficient (Wildman–Crippen LogP) is 2.85. The summed E-state index contributed by atoms with van der Waals surface area (Å²) in [6.45, 7) is 5.58. The van der Waals surface area contributed by atoms with Gasteiger partial charge in [-0.3, -0.25) is 0 Å². The zero-order valence-corrected chi connectivity index (χ0v) is 15.9. The van der Waals surface area contributed by atoms with Gasteiger partial charge in [0.2, 0.25) is 0 Å². The summed E-state index contributed by atoms with van der Waals surface area (Å²) in [7, 11) is 0. The molecule has 0 saturated heterocycles. The molecule has 0 atom stereocenters. The van der Waals surface area contributed by atoms with Crippen molar-refractivity contribution < 1.29 is 14.3 Å². The molecule has 0 fully saturated rings. The highest BCUT2D eigenvalue weighted by atomic mass is 16.6. The molecule has 0 heterocycles. The lowest BCUT2D eigenvalue weighted by atomic mass is 10.2. The Morgan fingerprint density at radius 2 is 1.37 bits per heavy atom. The first-order chi connectivity index (χ1) is 13.4. The molecule has 6 nitrogen and oxygen atoms in total. The van der Waals surface area contributed by atoms with E-state index in [0.29, 0.717) is 6.61 Å². The van der Waals surface area contributed by atoms with Crippen LogP contribution in [0.15, 0.2) is 54.6 Å². The van der Waals surface area contributed by atoms with Crippen LogP contribution in [0.25, 0.3) is 0 Å². The van der Waals surface area contributed by atoms with Gasteiger partial charge in [0.15, 0.2) is 0 Å². The number of benzene rings is 2. The highest BCUT2D eigenvalue weighted by Crippen LogP contribution is 2.20. The van der Waals surface area contributed by atoms with E-state index in [0.717, 1.165) is 63.7 Å². The molecule has 0 aromatic heterocycles. The molecule has 0 aliphatic carbocycles. The third-order valence-electron chi connectivity index (χ3n) is 3.91. The second-order valence-electron chi connectivity index (χ2n) is 6.18. The van der Waals surface area contributed by atoms with E-state index in [1.165, 1.54) is 5.56 Å². The molecule has 2 rings (SSSR count). The minimum atomic E-state index is 0.537. The molecule has 0 spiro atoms. The maximum absolute atomic E-state index is 5.80. The van der Waals surface area contributed by atoms with Gasteiger partial charge in [-0.1, -0.05) is 30.3 Å². The average molecular weight is 373 g/mol. The molecule has 0 saturated carbocycles. The van der Waals surface area contributed by atoms with Gasteiger partial charge in [-0.25, -0.2) is 5.90 Å². The lowest BCUT2D eigenvalue weighted by Crippen LogP contribution is -2.23. The molecule has 6 heteroatoms. The Morgan fingerprint density at radius 1 is 0.704 bits per heavy atom. The van der Waals surface area contributed by atoms with Crippen LogP contribution in [0.1, 0.15) is 18.4 Å². The Balaban J connectivity index is 1.46. The molecule has 0 aliphatic heterocycles. The fourth-order valence-corrected chi connectivity index (χ4v) is 2.49. The minimum Gasteiger partial charge on any atom is -0.457 e. The van der Waals surface area contributed by atoms with Crippen molar-refractivity contribution in [2.45, 2.75) is 19.4 Å². The maximum Gasteiger partial charge on any atom is 0.127 e. The van der Waals surface area contributed by atoms with Gasteiger partial charge in [0, 0.05) is 26.3 Å². The van der Waals surface area contributed by atoms with E-state index in [1.54, 1.807) is 0 Å². The van der Waals surface area contributed by atoms with Gasteiger partial charge in [0.1, 0.15) is 11.5 Å². The second-order valence-corrected chi connectivity index (χ2v) is 6.18. The standard InChI is InChI=1S/C21H31N3O3/c22-26-17-14-23-12-4-15-25-16-5-13-24-18-19-8-10-21(11-9-19)27-20-6-2-1-3-7-20/h1-3,6-11,23-24H,4-5,12-18,22H2. The summed E-state index contributed by atoms with van der Waals surface area (Å²) in [5.74, 6) is 6.65. The average Bonchev–Trinajstić information content (AvgIpc) is 2.71.